The minimum atomic E-state index is -0.804. The van der Waals surface area contributed by atoms with Crippen LogP contribution in [-0.4, -0.2) is 42.1 Å². The molecule has 0 bridgehead atoms. The van der Waals surface area contributed by atoms with E-state index in [1.165, 1.54) is 0 Å². The van der Waals surface area contributed by atoms with E-state index in [4.69, 9.17) is 19.3 Å². The quantitative estimate of drug-likeness (QED) is 0.236. The second-order valence-corrected chi connectivity index (χ2v) is 9.98. The van der Waals surface area contributed by atoms with Crippen LogP contribution in [0.1, 0.15) is 67.7 Å². The van der Waals surface area contributed by atoms with Gasteiger partial charge in [0.1, 0.15) is 11.4 Å². The molecule has 0 aromatic heterocycles. The number of rotatable bonds is 14. The van der Waals surface area contributed by atoms with Gasteiger partial charge < -0.3 is 19.3 Å². The SMILES string of the molecule is C=C(C)C(=O)OC(C)(C)C(COc1ccccc1)COC(C)(C)C(C)(C)CCCCO. The molecule has 0 radical (unpaired) electrons. The van der Waals surface area contributed by atoms with Gasteiger partial charge in [0.25, 0.3) is 0 Å². The molecule has 0 amide bonds. The Morgan fingerprint density at radius 2 is 1.65 bits per heavy atom. The average molecular weight is 435 g/mol. The Labute approximate surface area is 188 Å². The number of hydrogen-bond donors (Lipinski definition) is 1. The summed E-state index contributed by atoms with van der Waals surface area (Å²) in [7, 11) is 0. The molecule has 5 heteroatoms. The number of carbonyl (C=O) groups is 1. The van der Waals surface area contributed by atoms with Crippen molar-refractivity contribution in [3.8, 4) is 5.75 Å². The summed E-state index contributed by atoms with van der Waals surface area (Å²) in [5.74, 6) is 0.153. The molecule has 0 spiro atoms. The lowest BCUT2D eigenvalue weighted by Crippen LogP contribution is -2.47. The van der Waals surface area contributed by atoms with Gasteiger partial charge >= 0.3 is 5.97 Å². The van der Waals surface area contributed by atoms with Crippen molar-refractivity contribution in [1.82, 2.24) is 0 Å². The van der Waals surface area contributed by atoms with Crippen LogP contribution in [0, 0.1) is 11.3 Å². The number of para-hydroxylation sites is 1. The van der Waals surface area contributed by atoms with Gasteiger partial charge in [0, 0.05) is 12.2 Å². The summed E-state index contributed by atoms with van der Waals surface area (Å²) in [6.07, 6.45) is 2.68. The Bertz CT molecular complexity index is 691. The largest absolute Gasteiger partial charge is 0.493 e. The van der Waals surface area contributed by atoms with Crippen LogP contribution in [-0.2, 0) is 14.3 Å². The number of aliphatic hydroxyl groups excluding tert-OH is 1. The van der Waals surface area contributed by atoms with Crippen molar-refractivity contribution in [1.29, 1.82) is 0 Å². The molecule has 0 heterocycles. The van der Waals surface area contributed by atoms with Gasteiger partial charge in [-0.15, -0.1) is 0 Å². The predicted octanol–water partition coefficient (Wildman–Crippen LogP) is 5.56. The molecule has 0 aliphatic rings. The van der Waals surface area contributed by atoms with Gasteiger partial charge in [-0.1, -0.05) is 45.0 Å². The summed E-state index contributed by atoms with van der Waals surface area (Å²) in [5.41, 5.74) is -0.947. The maximum atomic E-state index is 12.2. The predicted molar refractivity (Wildman–Crippen MR) is 125 cm³/mol. The molecule has 1 aromatic rings. The first-order chi connectivity index (χ1) is 14.3. The fourth-order valence-electron chi connectivity index (χ4n) is 3.06. The van der Waals surface area contributed by atoms with Crippen molar-refractivity contribution < 1.29 is 24.1 Å². The molecule has 176 valence electrons. The van der Waals surface area contributed by atoms with Crippen LogP contribution in [0.25, 0.3) is 0 Å². The second kappa shape index (κ2) is 11.7. The number of carbonyl (C=O) groups excluding carboxylic acids is 1. The number of hydrogen-bond acceptors (Lipinski definition) is 5. The molecular weight excluding hydrogens is 392 g/mol. The Kier molecular flexibility index (Phi) is 10.2. The van der Waals surface area contributed by atoms with Crippen LogP contribution in [0.5, 0.6) is 5.75 Å². The van der Waals surface area contributed by atoms with Gasteiger partial charge in [-0.05, 0) is 65.0 Å². The lowest BCUT2D eigenvalue weighted by Gasteiger charge is -2.44. The molecule has 1 rings (SSSR count). The van der Waals surface area contributed by atoms with E-state index in [1.54, 1.807) is 6.92 Å². The summed E-state index contributed by atoms with van der Waals surface area (Å²) in [6, 6.07) is 9.58. The monoisotopic (exact) mass is 434 g/mol. The molecule has 31 heavy (non-hydrogen) atoms. The number of ether oxygens (including phenoxy) is 3. The van der Waals surface area contributed by atoms with Gasteiger partial charge in [-0.2, -0.15) is 0 Å². The van der Waals surface area contributed by atoms with E-state index in [9.17, 15) is 4.79 Å². The van der Waals surface area contributed by atoms with Crippen LogP contribution in [0.3, 0.4) is 0 Å². The highest BCUT2D eigenvalue weighted by Gasteiger charge is 2.41. The maximum absolute atomic E-state index is 12.2. The lowest BCUT2D eigenvalue weighted by atomic mass is 9.73. The summed E-state index contributed by atoms with van der Waals surface area (Å²) in [4.78, 5) is 12.2. The normalized spacial score (nSPS) is 13.5. The molecule has 1 atom stereocenters. The summed E-state index contributed by atoms with van der Waals surface area (Å²) < 4.78 is 18.2. The van der Waals surface area contributed by atoms with Gasteiger partial charge in [0.15, 0.2) is 0 Å². The molecule has 1 N–H and O–H groups in total. The summed E-state index contributed by atoms with van der Waals surface area (Å²) in [5, 5.41) is 9.10. The van der Waals surface area contributed by atoms with E-state index in [0.717, 1.165) is 25.0 Å². The highest BCUT2D eigenvalue weighted by Crippen LogP contribution is 2.39. The third kappa shape index (κ3) is 8.66. The maximum Gasteiger partial charge on any atom is 0.333 e. The molecule has 0 aliphatic heterocycles. The Hall–Kier alpha value is -1.85. The number of benzene rings is 1. The molecule has 0 saturated heterocycles. The van der Waals surface area contributed by atoms with E-state index in [2.05, 4.69) is 34.3 Å². The van der Waals surface area contributed by atoms with Crippen LogP contribution >= 0.6 is 0 Å². The number of aliphatic hydroxyl groups is 1. The zero-order chi connectivity index (χ0) is 23.7. The van der Waals surface area contributed by atoms with Crippen molar-refractivity contribution in [3.63, 3.8) is 0 Å². The summed E-state index contributed by atoms with van der Waals surface area (Å²) >= 11 is 0. The fourth-order valence-corrected chi connectivity index (χ4v) is 3.06. The smallest absolute Gasteiger partial charge is 0.333 e. The van der Waals surface area contributed by atoms with Gasteiger partial charge in [0.05, 0.1) is 24.7 Å². The van der Waals surface area contributed by atoms with Gasteiger partial charge in [-0.3, -0.25) is 0 Å². The minimum Gasteiger partial charge on any atom is -0.493 e. The van der Waals surface area contributed by atoms with Gasteiger partial charge in [0.2, 0.25) is 0 Å². The van der Waals surface area contributed by atoms with Gasteiger partial charge in [-0.25, -0.2) is 4.79 Å². The topological polar surface area (TPSA) is 65.0 Å². The van der Waals surface area contributed by atoms with E-state index < -0.39 is 17.2 Å². The molecule has 0 fully saturated rings. The molecule has 5 nitrogen and oxygen atoms in total. The van der Waals surface area contributed by atoms with Crippen LogP contribution in [0.2, 0.25) is 0 Å². The molecular formula is C26H42O5. The Balaban J connectivity index is 2.94. The average Bonchev–Trinajstić information content (AvgIpc) is 2.68. The third-order valence-electron chi connectivity index (χ3n) is 6.37. The first kappa shape index (κ1) is 27.2. The molecule has 0 aliphatic carbocycles. The first-order valence-electron chi connectivity index (χ1n) is 11.1. The third-order valence-corrected chi connectivity index (χ3v) is 6.37. The van der Waals surface area contributed by atoms with E-state index in [-0.39, 0.29) is 17.9 Å². The number of esters is 1. The molecule has 0 saturated carbocycles. The highest BCUT2D eigenvalue weighted by atomic mass is 16.6. The van der Waals surface area contributed by atoms with Crippen molar-refractivity contribution in [2.24, 2.45) is 11.3 Å². The van der Waals surface area contributed by atoms with Crippen molar-refractivity contribution in [2.75, 3.05) is 19.8 Å². The van der Waals surface area contributed by atoms with E-state index >= 15 is 0 Å². The minimum absolute atomic E-state index is 0.0917. The van der Waals surface area contributed by atoms with Crippen LogP contribution in [0.4, 0.5) is 0 Å². The molecule has 1 unspecified atom stereocenters. The zero-order valence-corrected chi connectivity index (χ0v) is 20.5. The standard InChI is InChI=1S/C26H42O5/c1-20(2)23(28)31-25(5,6)21(18-29-22-14-10-9-11-15-22)19-30-26(7,8)24(3,4)16-12-13-17-27/h9-11,14-15,21,27H,1,12-13,16-19H2,2-8H3. The lowest BCUT2D eigenvalue weighted by molar-refractivity contribution is -0.170. The Morgan fingerprint density at radius 1 is 1.03 bits per heavy atom. The van der Waals surface area contributed by atoms with E-state index in [1.807, 2.05) is 44.2 Å². The van der Waals surface area contributed by atoms with E-state index in [0.29, 0.717) is 18.8 Å². The number of unbranched alkanes of at least 4 members (excludes halogenated alkanes) is 1. The summed E-state index contributed by atoms with van der Waals surface area (Å²) in [6.45, 7) is 18.6. The van der Waals surface area contributed by atoms with Crippen molar-refractivity contribution >= 4 is 5.97 Å². The zero-order valence-electron chi connectivity index (χ0n) is 20.5. The first-order valence-corrected chi connectivity index (χ1v) is 11.1. The van der Waals surface area contributed by atoms with Crippen LogP contribution in [0.15, 0.2) is 42.5 Å². The Morgan fingerprint density at radius 3 is 2.19 bits per heavy atom. The van der Waals surface area contributed by atoms with Crippen molar-refractivity contribution in [2.45, 2.75) is 78.9 Å². The molecule has 1 aromatic carbocycles. The van der Waals surface area contributed by atoms with Crippen LogP contribution < -0.4 is 4.74 Å². The second-order valence-electron chi connectivity index (χ2n) is 9.98. The van der Waals surface area contributed by atoms with Crippen molar-refractivity contribution in [3.05, 3.63) is 42.5 Å². The fraction of sp³-hybridized carbons (Fsp3) is 0.654. The highest BCUT2D eigenvalue weighted by molar-refractivity contribution is 5.87.